The Balaban J connectivity index is 2.27. The quantitative estimate of drug-likeness (QED) is 0.719. The van der Waals surface area contributed by atoms with E-state index in [1.807, 2.05) is 12.1 Å². The first-order valence-electron chi connectivity index (χ1n) is 4.72. The molecule has 2 N–H and O–H groups in total. The molecule has 0 fully saturated rings. The van der Waals surface area contributed by atoms with E-state index in [0.717, 1.165) is 11.1 Å². The van der Waals surface area contributed by atoms with Crippen molar-refractivity contribution in [2.24, 2.45) is 0 Å². The number of hydrogen-bond acceptors (Lipinski definition) is 2. The van der Waals surface area contributed by atoms with Crippen molar-refractivity contribution in [2.45, 2.75) is 6.42 Å². The van der Waals surface area contributed by atoms with Crippen LogP contribution in [0.15, 0.2) is 53.8 Å². The Morgan fingerprint density at radius 1 is 1.13 bits per heavy atom. The van der Waals surface area contributed by atoms with E-state index in [0.29, 0.717) is 6.42 Å². The third-order valence-corrected chi connectivity index (χ3v) is 2.30. The number of aliphatic hydroxyl groups excluding tert-OH is 1. The van der Waals surface area contributed by atoms with E-state index in [4.69, 9.17) is 0 Å². The zero-order valence-electron chi connectivity index (χ0n) is 8.14. The summed E-state index contributed by atoms with van der Waals surface area (Å²) in [5, 5.41) is 19.1. The largest absolute Gasteiger partial charge is 0.508 e. The van der Waals surface area contributed by atoms with Crippen LogP contribution in [0.4, 0.5) is 0 Å². The Hall–Kier alpha value is -2.05. The molecule has 0 spiro atoms. The maximum atomic E-state index is 9.57. The van der Waals surface area contributed by atoms with E-state index in [1.165, 1.54) is 6.08 Å². The summed E-state index contributed by atoms with van der Waals surface area (Å²) in [5.74, 6) is 0.463. The Bertz CT molecular complexity index is 453. The number of aliphatic hydroxyl groups is 1. The van der Waals surface area contributed by atoms with Crippen LogP contribution in [0.5, 0.6) is 5.75 Å². The highest BCUT2D eigenvalue weighted by Gasteiger charge is 2.13. The average molecular weight is 199 g/mol. The lowest BCUT2D eigenvalue weighted by Crippen LogP contribution is -1.95. The number of allylic oxidation sites excluding steroid dienone is 5. The highest BCUT2D eigenvalue weighted by Crippen LogP contribution is 2.22. The van der Waals surface area contributed by atoms with Crippen molar-refractivity contribution in [1.82, 2.24) is 0 Å². The minimum Gasteiger partial charge on any atom is -0.508 e. The Morgan fingerprint density at radius 3 is 2.67 bits per heavy atom. The number of benzene rings is 1. The molecule has 0 aliphatic heterocycles. The van der Waals surface area contributed by atoms with E-state index < -0.39 is 0 Å². The second-order valence-electron chi connectivity index (χ2n) is 3.36. The van der Waals surface area contributed by atoms with Crippen LogP contribution in [0.25, 0.3) is 0 Å². The second-order valence-corrected chi connectivity index (χ2v) is 3.36. The van der Waals surface area contributed by atoms with Crippen LogP contribution >= 0.6 is 0 Å². The van der Waals surface area contributed by atoms with Gasteiger partial charge in [-0.2, -0.15) is 0 Å². The standard InChI is InChI=1S/C13H10O2/c14-12-7-3-1-5-10(12)9-11-6-2-4-8-13(11)15/h1-3,5-8H,9H2,(H-,14,15)/p+1. The van der Waals surface area contributed by atoms with Gasteiger partial charge in [0, 0.05) is 18.1 Å². The molecule has 0 aromatic heterocycles. The molecule has 0 bridgehead atoms. The fourth-order valence-electron chi connectivity index (χ4n) is 1.47. The molecule has 0 atom stereocenters. The van der Waals surface area contributed by atoms with Crippen molar-refractivity contribution in [3.63, 3.8) is 0 Å². The molecule has 1 aliphatic carbocycles. The summed E-state index contributed by atoms with van der Waals surface area (Å²) in [5.41, 5.74) is 1.59. The van der Waals surface area contributed by atoms with E-state index in [-0.39, 0.29) is 11.5 Å². The summed E-state index contributed by atoms with van der Waals surface area (Å²) >= 11 is 0. The molecule has 2 rings (SSSR count). The third kappa shape index (κ3) is 2.06. The molecule has 74 valence electrons. The first-order chi connectivity index (χ1) is 7.27. The van der Waals surface area contributed by atoms with Gasteiger partial charge in [0.2, 0.25) is 5.76 Å². The van der Waals surface area contributed by atoms with Gasteiger partial charge in [-0.05, 0) is 6.07 Å². The predicted octanol–water partition coefficient (Wildman–Crippen LogP) is 2.68. The smallest absolute Gasteiger partial charge is 0.233 e. The molecule has 2 nitrogen and oxygen atoms in total. The summed E-state index contributed by atoms with van der Waals surface area (Å²) in [6, 6.07) is 7.12. The van der Waals surface area contributed by atoms with Crippen LogP contribution in [-0.2, 0) is 6.42 Å². The zero-order valence-corrected chi connectivity index (χ0v) is 8.14. The van der Waals surface area contributed by atoms with Gasteiger partial charge in [-0.25, -0.2) is 0 Å². The van der Waals surface area contributed by atoms with Crippen LogP contribution in [-0.4, -0.2) is 10.2 Å². The van der Waals surface area contributed by atoms with E-state index >= 15 is 0 Å². The van der Waals surface area contributed by atoms with Crippen LogP contribution in [0.3, 0.4) is 0 Å². The molecule has 0 radical (unpaired) electrons. The van der Waals surface area contributed by atoms with Gasteiger partial charge in [-0.15, -0.1) is 0 Å². The molecule has 0 heterocycles. The van der Waals surface area contributed by atoms with Crippen molar-refractivity contribution < 1.29 is 10.2 Å². The van der Waals surface area contributed by atoms with Gasteiger partial charge in [-0.3, -0.25) is 0 Å². The predicted molar refractivity (Wildman–Crippen MR) is 58.4 cm³/mol. The molecule has 0 amide bonds. The molecular weight excluding hydrogens is 188 g/mol. The van der Waals surface area contributed by atoms with Crippen LogP contribution in [0, 0.1) is 6.08 Å². The molecule has 1 aromatic rings. The lowest BCUT2D eigenvalue weighted by Gasteiger charge is -2.03. The van der Waals surface area contributed by atoms with E-state index in [2.05, 4.69) is 6.08 Å². The molecule has 15 heavy (non-hydrogen) atoms. The number of phenols is 1. The maximum absolute atomic E-state index is 9.57. The molecule has 0 saturated carbocycles. The van der Waals surface area contributed by atoms with Gasteiger partial charge in [-0.1, -0.05) is 18.2 Å². The highest BCUT2D eigenvalue weighted by atomic mass is 16.3. The minimum atomic E-state index is 0.209. The highest BCUT2D eigenvalue weighted by molar-refractivity contribution is 5.41. The number of phenolic OH excluding ortho intramolecular Hbond substituents is 1. The van der Waals surface area contributed by atoms with E-state index in [9.17, 15) is 10.2 Å². The summed E-state index contributed by atoms with van der Waals surface area (Å²) in [7, 11) is 0. The molecular formula is C13H11O2+. The van der Waals surface area contributed by atoms with Crippen molar-refractivity contribution >= 4 is 0 Å². The van der Waals surface area contributed by atoms with Gasteiger partial charge in [0.1, 0.15) is 23.5 Å². The number of rotatable bonds is 2. The summed E-state index contributed by atoms with van der Waals surface area (Å²) in [6.07, 6.45) is 8.37. The van der Waals surface area contributed by atoms with Gasteiger partial charge >= 0.3 is 0 Å². The van der Waals surface area contributed by atoms with Gasteiger partial charge in [0.05, 0.1) is 6.08 Å². The van der Waals surface area contributed by atoms with Crippen molar-refractivity contribution in [3.8, 4) is 5.75 Å². The first-order valence-corrected chi connectivity index (χ1v) is 4.72. The van der Waals surface area contributed by atoms with Crippen molar-refractivity contribution in [2.75, 3.05) is 0 Å². The monoisotopic (exact) mass is 199 g/mol. The van der Waals surface area contributed by atoms with Crippen LogP contribution in [0.1, 0.15) is 5.56 Å². The molecule has 2 heteroatoms. The number of hydrogen-bond donors (Lipinski definition) is 2. The number of para-hydroxylation sites is 1. The van der Waals surface area contributed by atoms with Crippen molar-refractivity contribution in [1.29, 1.82) is 0 Å². The first kappa shape index (κ1) is 9.50. The van der Waals surface area contributed by atoms with Crippen LogP contribution < -0.4 is 0 Å². The second kappa shape index (κ2) is 3.99. The van der Waals surface area contributed by atoms with E-state index in [1.54, 1.807) is 24.3 Å². The van der Waals surface area contributed by atoms with Crippen LogP contribution in [0.2, 0.25) is 0 Å². The Kier molecular flexibility index (Phi) is 2.53. The zero-order chi connectivity index (χ0) is 10.7. The molecule has 1 aromatic carbocycles. The fourth-order valence-corrected chi connectivity index (χ4v) is 1.47. The third-order valence-electron chi connectivity index (χ3n) is 2.30. The summed E-state index contributed by atoms with van der Waals surface area (Å²) in [6.45, 7) is 0. The fraction of sp³-hybridized carbons (Fsp3) is 0.0769. The molecule has 1 aliphatic rings. The molecule has 0 unspecified atom stereocenters. The summed E-state index contributed by atoms with van der Waals surface area (Å²) < 4.78 is 0. The number of aromatic hydroxyl groups is 1. The maximum Gasteiger partial charge on any atom is 0.233 e. The lowest BCUT2D eigenvalue weighted by molar-refractivity contribution is 0.424. The Morgan fingerprint density at radius 2 is 1.93 bits per heavy atom. The van der Waals surface area contributed by atoms with Gasteiger partial charge in [0.25, 0.3) is 0 Å². The lowest BCUT2D eigenvalue weighted by atomic mass is 10.0. The van der Waals surface area contributed by atoms with Gasteiger partial charge in [0.15, 0.2) is 0 Å². The van der Waals surface area contributed by atoms with Crippen molar-refractivity contribution in [3.05, 3.63) is 65.5 Å². The normalized spacial score (nSPS) is 14.1. The average Bonchev–Trinajstić information content (AvgIpc) is 2.24. The summed E-state index contributed by atoms with van der Waals surface area (Å²) in [4.78, 5) is 0. The minimum absolute atomic E-state index is 0.209. The SMILES string of the molecule is OC1=C(Cc2ccccc2O)C=C[C+]=C1. The molecule has 0 saturated heterocycles. The Labute approximate surface area is 88.5 Å². The topological polar surface area (TPSA) is 40.5 Å². The van der Waals surface area contributed by atoms with Gasteiger partial charge < -0.3 is 10.2 Å².